The van der Waals surface area contributed by atoms with Gasteiger partial charge in [0.05, 0.1) is 0 Å². The number of hydrogen-bond donors (Lipinski definition) is 1. The third-order valence-corrected chi connectivity index (χ3v) is 3.09. The van der Waals surface area contributed by atoms with Crippen LogP contribution in [0.2, 0.25) is 0 Å². The average molecular weight is 154 g/mol. The lowest BCUT2D eigenvalue weighted by Gasteiger charge is -2.12. The summed E-state index contributed by atoms with van der Waals surface area (Å²) in [6.07, 6.45) is 4.35. The second kappa shape index (κ2) is 3.11. The molecule has 0 aromatic heterocycles. The van der Waals surface area contributed by atoms with Crippen molar-refractivity contribution in [3.05, 3.63) is 0 Å². The molecule has 0 radical (unpaired) electrons. The van der Waals surface area contributed by atoms with E-state index in [4.69, 9.17) is 0 Å². The summed E-state index contributed by atoms with van der Waals surface area (Å²) in [4.78, 5) is 2.67. The fourth-order valence-electron chi connectivity index (χ4n) is 2.63. The zero-order chi connectivity index (χ0) is 7.68. The molecule has 0 aromatic rings. The van der Waals surface area contributed by atoms with E-state index in [1.165, 1.54) is 38.9 Å². The molecule has 2 fully saturated rings. The van der Waals surface area contributed by atoms with Crippen LogP contribution in [-0.2, 0) is 0 Å². The maximum atomic E-state index is 3.27. The van der Waals surface area contributed by atoms with E-state index in [0.717, 1.165) is 12.0 Å². The van der Waals surface area contributed by atoms with Gasteiger partial charge in [-0.1, -0.05) is 0 Å². The molecule has 0 aliphatic carbocycles. The Morgan fingerprint density at radius 3 is 3.18 bits per heavy atom. The molecule has 2 nitrogen and oxygen atoms in total. The Balaban J connectivity index is 1.84. The van der Waals surface area contributed by atoms with Crippen molar-refractivity contribution in [1.29, 1.82) is 0 Å². The highest BCUT2D eigenvalue weighted by Crippen LogP contribution is 2.30. The first-order valence-electron chi connectivity index (χ1n) is 4.79. The minimum absolute atomic E-state index is 0.935. The van der Waals surface area contributed by atoms with E-state index in [-0.39, 0.29) is 0 Å². The van der Waals surface area contributed by atoms with Gasteiger partial charge in [0, 0.05) is 12.6 Å². The van der Waals surface area contributed by atoms with E-state index in [9.17, 15) is 0 Å². The van der Waals surface area contributed by atoms with Crippen LogP contribution in [0, 0.1) is 5.92 Å². The van der Waals surface area contributed by atoms with Crippen LogP contribution in [-0.4, -0.2) is 37.6 Å². The zero-order valence-corrected chi connectivity index (χ0v) is 7.34. The molecule has 2 aliphatic heterocycles. The fraction of sp³-hybridized carbons (Fsp3) is 1.00. The number of hydrogen-bond acceptors (Lipinski definition) is 2. The highest BCUT2D eigenvalue weighted by Gasteiger charge is 2.34. The van der Waals surface area contributed by atoms with Crippen molar-refractivity contribution in [1.82, 2.24) is 10.2 Å². The minimum Gasteiger partial charge on any atom is -0.319 e. The molecule has 2 rings (SSSR count). The van der Waals surface area contributed by atoms with Gasteiger partial charge in [-0.05, 0) is 45.3 Å². The Kier molecular flexibility index (Phi) is 2.14. The summed E-state index contributed by atoms with van der Waals surface area (Å²) in [5, 5.41) is 3.27. The largest absolute Gasteiger partial charge is 0.319 e. The number of fused-ring (bicyclic) bond motifs is 1. The van der Waals surface area contributed by atoms with Crippen LogP contribution >= 0.6 is 0 Å². The van der Waals surface area contributed by atoms with Crippen molar-refractivity contribution >= 4 is 0 Å². The predicted molar refractivity (Wildman–Crippen MR) is 46.6 cm³/mol. The summed E-state index contributed by atoms with van der Waals surface area (Å²) in [5.74, 6) is 0.935. The summed E-state index contributed by atoms with van der Waals surface area (Å²) >= 11 is 0. The van der Waals surface area contributed by atoms with E-state index in [1.54, 1.807) is 0 Å². The van der Waals surface area contributed by atoms with Gasteiger partial charge >= 0.3 is 0 Å². The molecule has 11 heavy (non-hydrogen) atoms. The standard InChI is InChI=1S/C9H18N2/c1-10-6-8-5-9-3-2-4-11(9)7-8/h8-10H,2-7H2,1H3. The quantitative estimate of drug-likeness (QED) is 0.629. The SMILES string of the molecule is CNCC1CC2CCCN2C1. The van der Waals surface area contributed by atoms with Crippen LogP contribution < -0.4 is 5.32 Å². The average Bonchev–Trinajstić information content (AvgIpc) is 2.46. The van der Waals surface area contributed by atoms with Crippen LogP contribution in [0.5, 0.6) is 0 Å². The molecule has 1 N–H and O–H groups in total. The smallest absolute Gasteiger partial charge is 0.00994 e. The third kappa shape index (κ3) is 1.42. The van der Waals surface area contributed by atoms with Gasteiger partial charge < -0.3 is 10.2 Å². The van der Waals surface area contributed by atoms with E-state index in [1.807, 2.05) is 0 Å². The lowest BCUT2D eigenvalue weighted by Crippen LogP contribution is -2.24. The normalized spacial score (nSPS) is 37.9. The molecule has 2 aliphatic rings. The maximum absolute atomic E-state index is 3.27. The van der Waals surface area contributed by atoms with Gasteiger partial charge in [0.15, 0.2) is 0 Å². The molecule has 0 bridgehead atoms. The van der Waals surface area contributed by atoms with E-state index < -0.39 is 0 Å². The molecule has 0 spiro atoms. The van der Waals surface area contributed by atoms with Gasteiger partial charge in [-0.3, -0.25) is 0 Å². The second-order valence-corrected chi connectivity index (χ2v) is 3.95. The first-order chi connectivity index (χ1) is 5.40. The summed E-state index contributed by atoms with van der Waals surface area (Å²) in [6, 6.07) is 0.952. The van der Waals surface area contributed by atoms with Crippen molar-refractivity contribution < 1.29 is 0 Å². The minimum atomic E-state index is 0.935. The molecular formula is C9H18N2. The lowest BCUT2D eigenvalue weighted by atomic mass is 10.0. The second-order valence-electron chi connectivity index (χ2n) is 3.95. The molecule has 0 saturated carbocycles. The first-order valence-corrected chi connectivity index (χ1v) is 4.79. The summed E-state index contributed by atoms with van der Waals surface area (Å²) in [7, 11) is 2.06. The van der Waals surface area contributed by atoms with Crippen LogP contribution in [0.25, 0.3) is 0 Å². The summed E-state index contributed by atoms with van der Waals surface area (Å²) in [5.41, 5.74) is 0. The molecule has 2 atom stereocenters. The fourth-order valence-corrected chi connectivity index (χ4v) is 2.63. The van der Waals surface area contributed by atoms with Crippen molar-refractivity contribution in [2.24, 2.45) is 5.92 Å². The Morgan fingerprint density at radius 2 is 2.45 bits per heavy atom. The summed E-state index contributed by atoms with van der Waals surface area (Å²) in [6.45, 7) is 3.93. The van der Waals surface area contributed by atoms with Crippen molar-refractivity contribution in [3.63, 3.8) is 0 Å². The Bertz CT molecular complexity index is 124. The van der Waals surface area contributed by atoms with Gasteiger partial charge in [-0.15, -0.1) is 0 Å². The van der Waals surface area contributed by atoms with Crippen molar-refractivity contribution in [3.8, 4) is 0 Å². The highest BCUT2D eigenvalue weighted by atomic mass is 15.2. The van der Waals surface area contributed by atoms with Gasteiger partial charge in [0.25, 0.3) is 0 Å². The lowest BCUT2D eigenvalue weighted by molar-refractivity contribution is 0.317. The molecule has 2 unspecified atom stereocenters. The Morgan fingerprint density at radius 1 is 1.55 bits per heavy atom. The monoisotopic (exact) mass is 154 g/mol. The number of nitrogens with zero attached hydrogens (tertiary/aromatic N) is 1. The highest BCUT2D eigenvalue weighted by molar-refractivity contribution is 4.89. The van der Waals surface area contributed by atoms with Crippen LogP contribution in [0.4, 0.5) is 0 Å². The topological polar surface area (TPSA) is 15.3 Å². The molecule has 0 amide bonds. The number of rotatable bonds is 2. The van der Waals surface area contributed by atoms with Crippen molar-refractivity contribution in [2.45, 2.75) is 25.3 Å². The van der Waals surface area contributed by atoms with Crippen molar-refractivity contribution in [2.75, 3.05) is 26.7 Å². The molecule has 64 valence electrons. The maximum Gasteiger partial charge on any atom is 0.00994 e. The molecule has 2 heteroatoms. The first kappa shape index (κ1) is 7.56. The van der Waals surface area contributed by atoms with Gasteiger partial charge in [-0.25, -0.2) is 0 Å². The Hall–Kier alpha value is -0.0800. The zero-order valence-electron chi connectivity index (χ0n) is 7.34. The van der Waals surface area contributed by atoms with E-state index in [2.05, 4.69) is 17.3 Å². The van der Waals surface area contributed by atoms with Crippen LogP contribution in [0.3, 0.4) is 0 Å². The molecule has 2 saturated heterocycles. The van der Waals surface area contributed by atoms with Crippen LogP contribution in [0.15, 0.2) is 0 Å². The van der Waals surface area contributed by atoms with Gasteiger partial charge in [0.2, 0.25) is 0 Å². The van der Waals surface area contributed by atoms with Gasteiger partial charge in [0.1, 0.15) is 0 Å². The summed E-state index contributed by atoms with van der Waals surface area (Å²) < 4.78 is 0. The number of nitrogens with one attached hydrogen (secondary N) is 1. The molecule has 2 heterocycles. The molecular weight excluding hydrogens is 136 g/mol. The molecule has 0 aromatic carbocycles. The third-order valence-electron chi connectivity index (χ3n) is 3.09. The van der Waals surface area contributed by atoms with Gasteiger partial charge in [-0.2, -0.15) is 0 Å². The van der Waals surface area contributed by atoms with E-state index >= 15 is 0 Å². The van der Waals surface area contributed by atoms with Crippen LogP contribution in [0.1, 0.15) is 19.3 Å². The Labute approximate surface area is 69.0 Å². The van der Waals surface area contributed by atoms with E-state index in [0.29, 0.717) is 0 Å². The predicted octanol–water partition coefficient (Wildman–Crippen LogP) is 0.690.